The molecule has 2 aromatic heterocycles. The minimum atomic E-state index is 0.459. The lowest BCUT2D eigenvalue weighted by Crippen LogP contribution is -1.85. The number of H-pyrrole nitrogens is 1. The average molecular weight is 179 g/mol. The Kier molecular flexibility index (Phi) is 2.03. The van der Waals surface area contributed by atoms with Gasteiger partial charge in [-0.05, 0) is 6.42 Å². The van der Waals surface area contributed by atoms with Crippen LogP contribution in [0.1, 0.15) is 19.2 Å². The van der Waals surface area contributed by atoms with Crippen LogP contribution in [-0.2, 0) is 6.42 Å². The van der Waals surface area contributed by atoms with Gasteiger partial charge in [0, 0.05) is 6.42 Å². The molecular weight excluding hydrogens is 170 g/mol. The molecule has 6 heteroatoms. The van der Waals surface area contributed by atoms with Gasteiger partial charge in [0.1, 0.15) is 6.33 Å². The minimum Gasteiger partial charge on any atom is -0.339 e. The second-order valence-electron chi connectivity index (χ2n) is 2.60. The summed E-state index contributed by atoms with van der Waals surface area (Å²) in [5, 5.41) is 10.1. The Hall–Kier alpha value is -1.72. The van der Waals surface area contributed by atoms with Crippen LogP contribution in [-0.4, -0.2) is 25.3 Å². The molecule has 6 nitrogen and oxygen atoms in total. The van der Waals surface area contributed by atoms with Crippen LogP contribution in [0.25, 0.3) is 11.6 Å². The average Bonchev–Trinajstić information content (AvgIpc) is 2.70. The molecule has 0 radical (unpaired) electrons. The number of rotatable bonds is 3. The zero-order chi connectivity index (χ0) is 9.10. The van der Waals surface area contributed by atoms with Crippen molar-refractivity contribution in [1.82, 2.24) is 25.3 Å². The number of aromatic amines is 1. The first-order chi connectivity index (χ1) is 6.40. The van der Waals surface area contributed by atoms with Crippen molar-refractivity contribution in [3.8, 4) is 11.6 Å². The van der Waals surface area contributed by atoms with E-state index in [1.165, 1.54) is 6.33 Å². The molecule has 0 fully saturated rings. The largest absolute Gasteiger partial charge is 0.339 e. The van der Waals surface area contributed by atoms with Crippen LogP contribution in [0.2, 0.25) is 0 Å². The van der Waals surface area contributed by atoms with Gasteiger partial charge in [-0.2, -0.15) is 10.1 Å². The van der Waals surface area contributed by atoms with Crippen LogP contribution in [0.5, 0.6) is 0 Å². The maximum Gasteiger partial charge on any atom is 0.239 e. The van der Waals surface area contributed by atoms with Crippen LogP contribution in [0.4, 0.5) is 0 Å². The Morgan fingerprint density at radius 2 is 2.46 bits per heavy atom. The van der Waals surface area contributed by atoms with E-state index >= 15 is 0 Å². The Morgan fingerprint density at radius 1 is 1.54 bits per heavy atom. The number of hydrogen-bond acceptors (Lipinski definition) is 5. The van der Waals surface area contributed by atoms with Gasteiger partial charge in [-0.25, -0.2) is 4.98 Å². The molecule has 2 aromatic rings. The van der Waals surface area contributed by atoms with Crippen molar-refractivity contribution in [2.45, 2.75) is 19.8 Å². The molecule has 0 atom stereocenters. The second-order valence-corrected chi connectivity index (χ2v) is 2.60. The van der Waals surface area contributed by atoms with E-state index in [1.54, 1.807) is 0 Å². The van der Waals surface area contributed by atoms with Gasteiger partial charge < -0.3 is 4.52 Å². The number of nitrogens with one attached hydrogen (secondary N) is 1. The third-order valence-corrected chi connectivity index (χ3v) is 1.56. The Labute approximate surface area is 74.4 Å². The van der Waals surface area contributed by atoms with Crippen LogP contribution >= 0.6 is 0 Å². The van der Waals surface area contributed by atoms with Gasteiger partial charge in [0.2, 0.25) is 11.7 Å². The standard InChI is InChI=1S/C7H9N5O/c1-2-3-5-10-7(12-13-5)6-8-4-9-11-6/h4H,2-3H2,1H3,(H,8,9,11). The monoisotopic (exact) mass is 179 g/mol. The first-order valence-corrected chi connectivity index (χ1v) is 4.08. The Bertz CT molecular complexity index is 366. The quantitative estimate of drug-likeness (QED) is 0.753. The van der Waals surface area contributed by atoms with Crippen LogP contribution in [0.3, 0.4) is 0 Å². The molecule has 2 rings (SSSR count). The maximum atomic E-state index is 4.98. The molecule has 0 saturated heterocycles. The summed E-state index contributed by atoms with van der Waals surface area (Å²) >= 11 is 0. The zero-order valence-electron chi connectivity index (χ0n) is 7.19. The fraction of sp³-hybridized carbons (Fsp3) is 0.429. The van der Waals surface area contributed by atoms with Crippen molar-refractivity contribution in [3.05, 3.63) is 12.2 Å². The predicted molar refractivity (Wildman–Crippen MR) is 43.7 cm³/mol. The van der Waals surface area contributed by atoms with Crippen molar-refractivity contribution in [3.63, 3.8) is 0 Å². The predicted octanol–water partition coefficient (Wildman–Crippen LogP) is 0.807. The molecule has 0 spiro atoms. The lowest BCUT2D eigenvalue weighted by Gasteiger charge is -1.83. The lowest BCUT2D eigenvalue weighted by molar-refractivity contribution is 0.377. The van der Waals surface area contributed by atoms with Gasteiger partial charge in [-0.3, -0.25) is 5.10 Å². The van der Waals surface area contributed by atoms with Crippen molar-refractivity contribution in [2.24, 2.45) is 0 Å². The van der Waals surface area contributed by atoms with Gasteiger partial charge in [0.15, 0.2) is 5.82 Å². The summed E-state index contributed by atoms with van der Waals surface area (Å²) in [6.45, 7) is 2.05. The molecule has 0 aliphatic heterocycles. The topological polar surface area (TPSA) is 80.5 Å². The molecule has 68 valence electrons. The molecule has 0 amide bonds. The summed E-state index contributed by atoms with van der Waals surface area (Å²) in [5.74, 6) is 1.63. The summed E-state index contributed by atoms with van der Waals surface area (Å²) < 4.78 is 4.98. The smallest absolute Gasteiger partial charge is 0.239 e. The molecule has 2 heterocycles. The summed E-state index contributed by atoms with van der Waals surface area (Å²) in [6.07, 6.45) is 3.18. The van der Waals surface area contributed by atoms with Gasteiger partial charge >= 0.3 is 0 Å². The number of nitrogens with zero attached hydrogens (tertiary/aromatic N) is 4. The van der Waals surface area contributed by atoms with E-state index in [9.17, 15) is 0 Å². The van der Waals surface area contributed by atoms with Crippen molar-refractivity contribution in [1.29, 1.82) is 0 Å². The highest BCUT2D eigenvalue weighted by Crippen LogP contribution is 2.09. The molecule has 0 aliphatic carbocycles. The molecular formula is C7H9N5O. The second kappa shape index (κ2) is 3.34. The lowest BCUT2D eigenvalue weighted by atomic mass is 10.3. The van der Waals surface area contributed by atoms with E-state index in [0.29, 0.717) is 17.5 Å². The summed E-state index contributed by atoms with van der Waals surface area (Å²) in [5.41, 5.74) is 0. The Balaban J connectivity index is 2.23. The van der Waals surface area contributed by atoms with Crippen LogP contribution in [0.15, 0.2) is 10.9 Å². The van der Waals surface area contributed by atoms with E-state index in [2.05, 4.69) is 32.2 Å². The highest BCUT2D eigenvalue weighted by molar-refractivity contribution is 5.39. The number of hydrogen-bond donors (Lipinski definition) is 1. The number of aromatic nitrogens is 5. The van der Waals surface area contributed by atoms with Crippen LogP contribution < -0.4 is 0 Å². The summed E-state index contributed by atoms with van der Waals surface area (Å²) in [7, 11) is 0. The van der Waals surface area contributed by atoms with Crippen LogP contribution in [0, 0.1) is 0 Å². The minimum absolute atomic E-state index is 0.459. The van der Waals surface area contributed by atoms with E-state index in [0.717, 1.165) is 12.8 Å². The fourth-order valence-corrected chi connectivity index (χ4v) is 0.980. The first-order valence-electron chi connectivity index (χ1n) is 4.08. The van der Waals surface area contributed by atoms with Crippen molar-refractivity contribution in [2.75, 3.05) is 0 Å². The van der Waals surface area contributed by atoms with E-state index in [1.807, 2.05) is 0 Å². The molecule has 0 unspecified atom stereocenters. The van der Waals surface area contributed by atoms with E-state index in [-0.39, 0.29) is 0 Å². The summed E-state index contributed by atoms with van der Waals surface area (Å²) in [6, 6.07) is 0. The highest BCUT2D eigenvalue weighted by Gasteiger charge is 2.09. The SMILES string of the molecule is CCCc1nc(-c2ncn[nH]2)no1. The van der Waals surface area contributed by atoms with Crippen molar-refractivity contribution >= 4 is 0 Å². The fourth-order valence-electron chi connectivity index (χ4n) is 0.980. The normalized spacial score (nSPS) is 10.5. The molecule has 13 heavy (non-hydrogen) atoms. The maximum absolute atomic E-state index is 4.98. The van der Waals surface area contributed by atoms with Gasteiger partial charge in [-0.1, -0.05) is 12.1 Å². The molecule has 0 bridgehead atoms. The van der Waals surface area contributed by atoms with Gasteiger partial charge in [0.05, 0.1) is 0 Å². The van der Waals surface area contributed by atoms with E-state index < -0.39 is 0 Å². The van der Waals surface area contributed by atoms with Gasteiger partial charge in [0.25, 0.3) is 0 Å². The highest BCUT2D eigenvalue weighted by atomic mass is 16.5. The molecule has 0 aliphatic rings. The number of aryl methyl sites for hydroxylation is 1. The van der Waals surface area contributed by atoms with Gasteiger partial charge in [-0.15, -0.1) is 0 Å². The third-order valence-electron chi connectivity index (χ3n) is 1.56. The summed E-state index contributed by atoms with van der Waals surface area (Å²) in [4.78, 5) is 8.04. The third kappa shape index (κ3) is 1.56. The molecule has 1 N–H and O–H groups in total. The van der Waals surface area contributed by atoms with Crippen molar-refractivity contribution < 1.29 is 4.52 Å². The molecule has 0 aromatic carbocycles. The van der Waals surface area contributed by atoms with E-state index in [4.69, 9.17) is 4.52 Å². The zero-order valence-corrected chi connectivity index (χ0v) is 7.19. The molecule has 0 saturated carbocycles. The Morgan fingerprint density at radius 3 is 3.15 bits per heavy atom. The first kappa shape index (κ1) is 7.90.